The lowest BCUT2D eigenvalue weighted by Gasteiger charge is -2.14. The van der Waals surface area contributed by atoms with Crippen molar-refractivity contribution in [2.45, 2.75) is 13.2 Å². The summed E-state index contributed by atoms with van der Waals surface area (Å²) in [7, 11) is 1.55. The Morgan fingerprint density at radius 1 is 1.11 bits per heavy atom. The molecule has 0 atom stereocenters. The molecule has 0 unspecified atom stereocenters. The van der Waals surface area contributed by atoms with Gasteiger partial charge >= 0.3 is 0 Å². The number of halogens is 2. The van der Waals surface area contributed by atoms with Gasteiger partial charge in [0.1, 0.15) is 6.61 Å². The van der Waals surface area contributed by atoms with Crippen LogP contribution in [-0.2, 0) is 17.9 Å². The Labute approximate surface area is 225 Å². The Kier molecular flexibility index (Phi) is 7.13. The maximum atomic E-state index is 13.1. The summed E-state index contributed by atoms with van der Waals surface area (Å²) >= 11 is 10.7. The molecule has 7 nitrogen and oxygen atoms in total. The second kappa shape index (κ2) is 10.5. The summed E-state index contributed by atoms with van der Waals surface area (Å²) in [4.78, 5) is 27.2. The summed E-state index contributed by atoms with van der Waals surface area (Å²) in [5.74, 6) is 1.71. The zero-order chi connectivity index (χ0) is 25.2. The largest absolute Gasteiger partial charge is 0.493 e. The van der Waals surface area contributed by atoms with Gasteiger partial charge in [0, 0.05) is 11.1 Å². The van der Waals surface area contributed by atoms with E-state index >= 15 is 0 Å². The third-order valence-electron chi connectivity index (χ3n) is 5.52. The number of benzene rings is 3. The standard InChI is InChI=1S/C26H19BrClNO6S/c1-32-22-8-16(7-18(27)24(22)33-13-15-5-3-2-4-6-15)9-23-25(30)29(26(31)36-23)12-17-10-20-21(11-19(17)28)35-14-34-20/h2-11H,12-14H2,1H3/b23-9+. The topological polar surface area (TPSA) is 74.3 Å². The second-order valence-electron chi connectivity index (χ2n) is 7.87. The van der Waals surface area contributed by atoms with Crippen LogP contribution >= 0.6 is 39.3 Å². The monoisotopic (exact) mass is 587 g/mol. The average molecular weight is 589 g/mol. The molecule has 0 bridgehead atoms. The van der Waals surface area contributed by atoms with E-state index in [-0.39, 0.29) is 18.6 Å². The molecule has 3 aromatic carbocycles. The lowest BCUT2D eigenvalue weighted by Crippen LogP contribution is -2.27. The second-order valence-corrected chi connectivity index (χ2v) is 10.1. The van der Waals surface area contributed by atoms with Gasteiger partial charge in [0.05, 0.1) is 23.0 Å². The van der Waals surface area contributed by atoms with Crippen LogP contribution in [0.4, 0.5) is 4.79 Å². The van der Waals surface area contributed by atoms with E-state index in [4.69, 9.17) is 30.5 Å². The SMILES string of the molecule is COc1cc(/C=C2/SC(=O)N(Cc3cc4c(cc3Cl)OCO4)C2=O)cc(Br)c1OCc1ccccc1. The van der Waals surface area contributed by atoms with Gasteiger partial charge in [-0.25, -0.2) is 0 Å². The molecule has 2 aliphatic heterocycles. The van der Waals surface area contributed by atoms with E-state index in [0.717, 1.165) is 22.2 Å². The van der Waals surface area contributed by atoms with Crippen LogP contribution in [0.5, 0.6) is 23.0 Å². The normalized spacial score (nSPS) is 15.6. The zero-order valence-electron chi connectivity index (χ0n) is 19.0. The molecule has 5 rings (SSSR count). The predicted octanol–water partition coefficient (Wildman–Crippen LogP) is 6.66. The fraction of sp³-hybridized carbons (Fsp3) is 0.154. The first-order valence-electron chi connectivity index (χ1n) is 10.8. The Bertz CT molecular complexity index is 1380. The van der Waals surface area contributed by atoms with Crippen LogP contribution in [0.15, 0.2) is 64.0 Å². The van der Waals surface area contributed by atoms with E-state index in [1.54, 1.807) is 31.4 Å². The molecule has 2 amide bonds. The molecule has 0 spiro atoms. The van der Waals surface area contributed by atoms with Gasteiger partial charge in [0.25, 0.3) is 11.1 Å². The molecular formula is C26H19BrClNO6S. The fourth-order valence-corrected chi connectivity index (χ4v) is 5.36. The number of amides is 2. The maximum Gasteiger partial charge on any atom is 0.293 e. The molecule has 0 aliphatic carbocycles. The number of thioether (sulfide) groups is 1. The molecule has 0 radical (unpaired) electrons. The van der Waals surface area contributed by atoms with Gasteiger partial charge in [-0.2, -0.15) is 0 Å². The third kappa shape index (κ3) is 5.04. The van der Waals surface area contributed by atoms with Crippen molar-refractivity contribution in [3.05, 3.63) is 85.7 Å². The van der Waals surface area contributed by atoms with Crippen molar-refractivity contribution in [2.75, 3.05) is 13.9 Å². The van der Waals surface area contributed by atoms with Crippen molar-refractivity contribution in [1.82, 2.24) is 4.90 Å². The van der Waals surface area contributed by atoms with Crippen LogP contribution in [0.25, 0.3) is 6.08 Å². The molecule has 3 aromatic rings. The molecule has 1 saturated heterocycles. The van der Waals surface area contributed by atoms with Gasteiger partial charge < -0.3 is 18.9 Å². The highest BCUT2D eigenvalue weighted by Gasteiger charge is 2.36. The lowest BCUT2D eigenvalue weighted by molar-refractivity contribution is -0.123. The number of carbonyl (C=O) groups is 2. The first-order valence-corrected chi connectivity index (χ1v) is 12.8. The summed E-state index contributed by atoms with van der Waals surface area (Å²) in [5, 5.41) is 0.0101. The molecule has 1 fully saturated rings. The van der Waals surface area contributed by atoms with Gasteiger partial charge in [0.15, 0.2) is 23.0 Å². The molecule has 0 N–H and O–H groups in total. The van der Waals surface area contributed by atoms with Crippen LogP contribution in [0, 0.1) is 0 Å². The van der Waals surface area contributed by atoms with Crippen LogP contribution in [0.3, 0.4) is 0 Å². The molecule has 36 heavy (non-hydrogen) atoms. The molecule has 10 heteroatoms. The van der Waals surface area contributed by atoms with Crippen molar-refractivity contribution in [3.63, 3.8) is 0 Å². The van der Waals surface area contributed by atoms with E-state index in [1.165, 1.54) is 0 Å². The summed E-state index contributed by atoms with van der Waals surface area (Å²) in [6.45, 7) is 0.502. The summed E-state index contributed by atoms with van der Waals surface area (Å²) in [6.07, 6.45) is 1.65. The Hall–Kier alpha value is -3.14. The summed E-state index contributed by atoms with van der Waals surface area (Å²) < 4.78 is 22.9. The average Bonchev–Trinajstić information content (AvgIpc) is 3.42. The number of nitrogens with zero attached hydrogens (tertiary/aromatic N) is 1. The first-order chi connectivity index (χ1) is 17.4. The quantitative estimate of drug-likeness (QED) is 0.286. The third-order valence-corrected chi connectivity index (χ3v) is 7.37. The van der Waals surface area contributed by atoms with Crippen LogP contribution < -0.4 is 18.9 Å². The van der Waals surface area contributed by atoms with Crippen molar-refractivity contribution in [3.8, 4) is 23.0 Å². The van der Waals surface area contributed by atoms with Crippen molar-refractivity contribution >= 4 is 56.5 Å². The molecule has 0 aromatic heterocycles. The number of methoxy groups -OCH3 is 1. The Balaban J connectivity index is 1.35. The zero-order valence-corrected chi connectivity index (χ0v) is 22.1. The van der Waals surface area contributed by atoms with Crippen molar-refractivity contribution < 1.29 is 28.5 Å². The predicted molar refractivity (Wildman–Crippen MR) is 141 cm³/mol. The molecular weight excluding hydrogens is 570 g/mol. The minimum absolute atomic E-state index is 0.0246. The summed E-state index contributed by atoms with van der Waals surface area (Å²) in [6, 6.07) is 16.7. The van der Waals surface area contributed by atoms with Crippen LogP contribution in [0.2, 0.25) is 5.02 Å². The Morgan fingerprint density at radius 3 is 2.61 bits per heavy atom. The number of rotatable bonds is 7. The van der Waals surface area contributed by atoms with Gasteiger partial charge in [-0.05, 0) is 68.7 Å². The highest BCUT2D eigenvalue weighted by Crippen LogP contribution is 2.41. The van der Waals surface area contributed by atoms with Gasteiger partial charge in [0.2, 0.25) is 6.79 Å². The molecule has 184 valence electrons. The van der Waals surface area contributed by atoms with Gasteiger partial charge in [-0.15, -0.1) is 0 Å². The lowest BCUT2D eigenvalue weighted by atomic mass is 10.1. The number of hydrogen-bond donors (Lipinski definition) is 0. The number of ether oxygens (including phenoxy) is 4. The number of imide groups is 1. The Morgan fingerprint density at radius 2 is 1.86 bits per heavy atom. The van der Waals surface area contributed by atoms with E-state index in [9.17, 15) is 9.59 Å². The molecule has 2 heterocycles. The number of fused-ring (bicyclic) bond motifs is 1. The summed E-state index contributed by atoms with van der Waals surface area (Å²) in [5.41, 5.74) is 2.29. The van der Waals surface area contributed by atoms with Crippen LogP contribution in [0.1, 0.15) is 16.7 Å². The molecule has 2 aliphatic rings. The van der Waals surface area contributed by atoms with Gasteiger partial charge in [-0.1, -0.05) is 41.9 Å². The van der Waals surface area contributed by atoms with Crippen molar-refractivity contribution in [1.29, 1.82) is 0 Å². The first kappa shape index (κ1) is 24.5. The minimum Gasteiger partial charge on any atom is -0.493 e. The van der Waals surface area contributed by atoms with Gasteiger partial charge in [-0.3, -0.25) is 14.5 Å². The van der Waals surface area contributed by atoms with Crippen molar-refractivity contribution in [2.24, 2.45) is 0 Å². The van der Waals surface area contributed by atoms with Crippen LogP contribution in [-0.4, -0.2) is 29.9 Å². The molecule has 0 saturated carbocycles. The fourth-order valence-electron chi connectivity index (χ4n) is 3.73. The van der Waals surface area contributed by atoms with E-state index < -0.39 is 5.91 Å². The number of hydrogen-bond acceptors (Lipinski definition) is 7. The van der Waals surface area contributed by atoms with E-state index in [0.29, 0.717) is 55.1 Å². The smallest absolute Gasteiger partial charge is 0.293 e. The maximum absolute atomic E-state index is 13.1. The number of carbonyl (C=O) groups excluding carboxylic acids is 2. The minimum atomic E-state index is -0.404. The highest BCUT2D eigenvalue weighted by molar-refractivity contribution is 9.10. The van der Waals surface area contributed by atoms with E-state index in [2.05, 4.69) is 15.9 Å². The van der Waals surface area contributed by atoms with E-state index in [1.807, 2.05) is 36.4 Å². The highest BCUT2D eigenvalue weighted by atomic mass is 79.9.